The minimum atomic E-state index is -3.58. The Labute approximate surface area is 203 Å². The van der Waals surface area contributed by atoms with E-state index in [0.717, 1.165) is 42.4 Å². The molecule has 1 aromatic carbocycles. The number of thiophene rings is 1. The highest BCUT2D eigenvalue weighted by Gasteiger charge is 2.27. The molecule has 0 saturated carbocycles. The van der Waals surface area contributed by atoms with Gasteiger partial charge in [-0.05, 0) is 49.8 Å². The Balaban J connectivity index is 1.43. The van der Waals surface area contributed by atoms with Gasteiger partial charge < -0.3 is 19.5 Å². The van der Waals surface area contributed by atoms with Gasteiger partial charge in [0.25, 0.3) is 0 Å². The number of ether oxygens (including phenoxy) is 3. The van der Waals surface area contributed by atoms with E-state index < -0.39 is 16.0 Å². The minimum absolute atomic E-state index is 0.0970. The second-order valence-electron chi connectivity index (χ2n) is 8.22. The SMILES string of the molecule is COC(=O)c1c(NC(=O)CCCN(c2ccc3c(c2)OCCO3)S(C)(=O)=O)sc2c1CCCC2. The average molecular weight is 509 g/mol. The molecule has 4 rings (SSSR count). The van der Waals surface area contributed by atoms with Crippen LogP contribution in [0.4, 0.5) is 10.7 Å². The normalized spacial score (nSPS) is 14.8. The van der Waals surface area contributed by atoms with Gasteiger partial charge in [0.1, 0.15) is 18.2 Å². The lowest BCUT2D eigenvalue weighted by Gasteiger charge is -2.25. The van der Waals surface area contributed by atoms with Crippen molar-refractivity contribution >= 4 is 43.9 Å². The maximum Gasteiger partial charge on any atom is 0.341 e. The van der Waals surface area contributed by atoms with E-state index >= 15 is 0 Å². The lowest BCUT2D eigenvalue weighted by Crippen LogP contribution is -2.31. The van der Waals surface area contributed by atoms with Gasteiger partial charge >= 0.3 is 5.97 Å². The zero-order valence-corrected chi connectivity index (χ0v) is 20.9. The third-order valence-corrected chi connectivity index (χ3v) is 8.19. The summed E-state index contributed by atoms with van der Waals surface area (Å²) in [6.45, 7) is 0.966. The van der Waals surface area contributed by atoms with Crippen LogP contribution in [0.15, 0.2) is 18.2 Å². The molecule has 184 valence electrons. The molecule has 2 aromatic rings. The van der Waals surface area contributed by atoms with Gasteiger partial charge in [-0.15, -0.1) is 11.3 Å². The van der Waals surface area contributed by atoms with Crippen molar-refractivity contribution < 1.29 is 32.2 Å². The fraction of sp³-hybridized carbons (Fsp3) is 0.478. The summed E-state index contributed by atoms with van der Waals surface area (Å²) >= 11 is 1.42. The number of fused-ring (bicyclic) bond motifs is 2. The molecule has 0 atom stereocenters. The molecule has 9 nitrogen and oxygen atoms in total. The Kier molecular flexibility index (Phi) is 7.32. The van der Waals surface area contributed by atoms with Crippen LogP contribution in [0, 0.1) is 0 Å². The molecule has 1 N–H and O–H groups in total. The van der Waals surface area contributed by atoms with Gasteiger partial charge in [-0.1, -0.05) is 0 Å². The predicted octanol–water partition coefficient (Wildman–Crippen LogP) is 3.37. The number of anilines is 2. The van der Waals surface area contributed by atoms with Gasteiger partial charge in [0, 0.05) is 23.9 Å². The molecule has 1 aromatic heterocycles. The van der Waals surface area contributed by atoms with Crippen molar-refractivity contribution in [3.63, 3.8) is 0 Å². The highest BCUT2D eigenvalue weighted by atomic mass is 32.2. The van der Waals surface area contributed by atoms with Crippen molar-refractivity contribution in [2.45, 2.75) is 38.5 Å². The van der Waals surface area contributed by atoms with E-state index in [1.807, 2.05) is 0 Å². The number of hydrogen-bond donors (Lipinski definition) is 1. The molecule has 0 fully saturated rings. The molecule has 0 radical (unpaired) electrons. The number of carbonyl (C=O) groups excluding carboxylic acids is 2. The molecular weight excluding hydrogens is 480 g/mol. The number of rotatable bonds is 8. The van der Waals surface area contributed by atoms with Gasteiger partial charge in [0.15, 0.2) is 11.5 Å². The molecule has 34 heavy (non-hydrogen) atoms. The number of esters is 1. The van der Waals surface area contributed by atoms with E-state index in [4.69, 9.17) is 14.2 Å². The van der Waals surface area contributed by atoms with Crippen LogP contribution < -0.4 is 19.1 Å². The standard InChI is InChI=1S/C23H28N2O7S2/c1-30-23(27)21-16-6-3-4-7-19(16)33-22(21)24-20(26)8-5-11-25(34(2,28)29)15-9-10-17-18(14-15)32-13-12-31-17/h9-10,14H,3-8,11-13H2,1-2H3,(H,24,26). The van der Waals surface area contributed by atoms with E-state index in [-0.39, 0.29) is 18.9 Å². The number of sulfonamides is 1. The van der Waals surface area contributed by atoms with E-state index in [1.54, 1.807) is 18.2 Å². The number of aryl methyl sites for hydroxylation is 1. The van der Waals surface area contributed by atoms with Gasteiger partial charge in [0.05, 0.1) is 24.6 Å². The third kappa shape index (κ3) is 5.30. The number of hydrogen-bond acceptors (Lipinski definition) is 8. The Bertz CT molecular complexity index is 1190. The lowest BCUT2D eigenvalue weighted by atomic mass is 9.95. The summed E-state index contributed by atoms with van der Waals surface area (Å²) in [4.78, 5) is 26.2. The Morgan fingerprint density at radius 3 is 2.62 bits per heavy atom. The minimum Gasteiger partial charge on any atom is -0.486 e. The fourth-order valence-electron chi connectivity index (χ4n) is 4.22. The van der Waals surface area contributed by atoms with E-state index in [0.29, 0.717) is 47.4 Å². The first-order chi connectivity index (χ1) is 16.3. The average Bonchev–Trinajstić information content (AvgIpc) is 3.18. The number of nitrogens with one attached hydrogen (secondary N) is 1. The van der Waals surface area contributed by atoms with Crippen LogP contribution in [0.5, 0.6) is 11.5 Å². The van der Waals surface area contributed by atoms with E-state index in [2.05, 4.69) is 5.32 Å². The molecule has 11 heteroatoms. The molecule has 1 aliphatic heterocycles. The summed E-state index contributed by atoms with van der Waals surface area (Å²) < 4.78 is 42.1. The zero-order valence-electron chi connectivity index (χ0n) is 19.2. The summed E-state index contributed by atoms with van der Waals surface area (Å²) in [7, 11) is -2.25. The maximum absolute atomic E-state index is 12.7. The number of methoxy groups -OCH3 is 1. The quantitative estimate of drug-likeness (QED) is 0.544. The number of amides is 1. The first-order valence-corrected chi connectivity index (χ1v) is 13.8. The maximum atomic E-state index is 12.7. The molecule has 0 saturated heterocycles. The van der Waals surface area contributed by atoms with Crippen molar-refractivity contribution in [1.82, 2.24) is 0 Å². The van der Waals surface area contributed by atoms with Crippen LogP contribution in [0.3, 0.4) is 0 Å². The summed E-state index contributed by atoms with van der Waals surface area (Å²) in [5, 5.41) is 3.36. The third-order valence-electron chi connectivity index (χ3n) is 5.79. The summed E-state index contributed by atoms with van der Waals surface area (Å²) in [5.41, 5.74) is 1.87. The second-order valence-corrected chi connectivity index (χ2v) is 11.2. The Morgan fingerprint density at radius 2 is 1.88 bits per heavy atom. The van der Waals surface area contributed by atoms with Gasteiger partial charge in [-0.25, -0.2) is 13.2 Å². The van der Waals surface area contributed by atoms with Crippen molar-refractivity contribution in [3.05, 3.63) is 34.2 Å². The van der Waals surface area contributed by atoms with Crippen LogP contribution in [-0.4, -0.2) is 53.4 Å². The van der Waals surface area contributed by atoms with E-state index in [1.165, 1.54) is 22.8 Å². The highest BCUT2D eigenvalue weighted by molar-refractivity contribution is 7.92. The predicted molar refractivity (Wildman–Crippen MR) is 130 cm³/mol. The second kappa shape index (κ2) is 10.2. The first-order valence-electron chi connectivity index (χ1n) is 11.2. The molecule has 1 aliphatic carbocycles. The molecule has 2 heterocycles. The number of carbonyl (C=O) groups is 2. The van der Waals surface area contributed by atoms with Crippen molar-refractivity contribution in [1.29, 1.82) is 0 Å². The van der Waals surface area contributed by atoms with Crippen LogP contribution >= 0.6 is 11.3 Å². The fourth-order valence-corrected chi connectivity index (χ4v) is 6.47. The topological polar surface area (TPSA) is 111 Å². The van der Waals surface area contributed by atoms with Crippen molar-refractivity contribution in [2.24, 2.45) is 0 Å². The summed E-state index contributed by atoms with van der Waals surface area (Å²) in [6, 6.07) is 4.98. The zero-order chi connectivity index (χ0) is 24.3. The Hall–Kier alpha value is -2.79. The lowest BCUT2D eigenvalue weighted by molar-refractivity contribution is -0.116. The molecule has 0 bridgehead atoms. The monoisotopic (exact) mass is 508 g/mol. The van der Waals surface area contributed by atoms with Crippen LogP contribution in [0.2, 0.25) is 0 Å². The number of benzene rings is 1. The molecule has 2 aliphatic rings. The van der Waals surface area contributed by atoms with Crippen molar-refractivity contribution in [3.8, 4) is 11.5 Å². The summed E-state index contributed by atoms with van der Waals surface area (Å²) in [5.74, 6) is 0.339. The molecule has 1 amide bonds. The largest absolute Gasteiger partial charge is 0.486 e. The smallest absolute Gasteiger partial charge is 0.341 e. The van der Waals surface area contributed by atoms with Crippen LogP contribution in [-0.2, 0) is 32.4 Å². The van der Waals surface area contributed by atoms with Crippen LogP contribution in [0.25, 0.3) is 0 Å². The Morgan fingerprint density at radius 1 is 1.15 bits per heavy atom. The first kappa shape index (κ1) is 24.3. The van der Waals surface area contributed by atoms with Crippen molar-refractivity contribution in [2.75, 3.05) is 42.7 Å². The molecular formula is C23H28N2O7S2. The van der Waals surface area contributed by atoms with Crippen LogP contribution in [0.1, 0.15) is 46.5 Å². The summed E-state index contributed by atoms with van der Waals surface area (Å²) in [6.07, 6.45) is 5.27. The highest BCUT2D eigenvalue weighted by Crippen LogP contribution is 2.39. The van der Waals surface area contributed by atoms with Gasteiger partial charge in [0.2, 0.25) is 15.9 Å². The van der Waals surface area contributed by atoms with Gasteiger partial charge in [-0.2, -0.15) is 0 Å². The molecule has 0 unspecified atom stereocenters. The molecule has 0 spiro atoms. The number of nitrogens with zero attached hydrogens (tertiary/aromatic N) is 1. The van der Waals surface area contributed by atoms with E-state index in [9.17, 15) is 18.0 Å². The van der Waals surface area contributed by atoms with Gasteiger partial charge in [-0.3, -0.25) is 9.10 Å².